The molecule has 1 atom stereocenters. The summed E-state index contributed by atoms with van der Waals surface area (Å²) in [7, 11) is 0. The molecule has 0 bridgehead atoms. The molecule has 2 saturated heterocycles. The lowest BCUT2D eigenvalue weighted by Crippen LogP contribution is -2.61. The van der Waals surface area contributed by atoms with Gasteiger partial charge in [-0.05, 0) is 40.0 Å². The predicted octanol–water partition coefficient (Wildman–Crippen LogP) is 1.76. The van der Waals surface area contributed by atoms with Crippen molar-refractivity contribution in [2.24, 2.45) is 0 Å². The van der Waals surface area contributed by atoms with Gasteiger partial charge in [0.15, 0.2) is 0 Å². The van der Waals surface area contributed by atoms with E-state index < -0.39 is 5.60 Å². The number of hydrogen-bond acceptors (Lipinski definition) is 4. The normalized spacial score (nSPS) is 25.0. The molecule has 0 radical (unpaired) electrons. The van der Waals surface area contributed by atoms with Gasteiger partial charge in [-0.1, -0.05) is 0 Å². The Kier molecular flexibility index (Phi) is 4.68. The third-order valence-corrected chi connectivity index (χ3v) is 3.44. The van der Waals surface area contributed by atoms with Gasteiger partial charge in [-0.25, -0.2) is 4.79 Å². The van der Waals surface area contributed by atoms with E-state index in [1.165, 1.54) is 12.8 Å². The van der Waals surface area contributed by atoms with Crippen LogP contribution in [0.2, 0.25) is 0 Å². The van der Waals surface area contributed by atoms with Gasteiger partial charge < -0.3 is 19.7 Å². The Balaban J connectivity index is 1.59. The zero-order valence-electron chi connectivity index (χ0n) is 12.3. The van der Waals surface area contributed by atoms with Crippen LogP contribution in [0.25, 0.3) is 0 Å². The number of nitrogens with one attached hydrogen (secondary N) is 1. The van der Waals surface area contributed by atoms with Crippen LogP contribution in [0.5, 0.6) is 0 Å². The quantitative estimate of drug-likeness (QED) is 0.849. The highest BCUT2D eigenvalue weighted by Gasteiger charge is 2.33. The number of likely N-dealkylation sites (tertiary alicyclic amines) is 1. The van der Waals surface area contributed by atoms with Gasteiger partial charge in [-0.15, -0.1) is 0 Å². The fraction of sp³-hybridized carbons (Fsp3) is 0.929. The van der Waals surface area contributed by atoms with Crippen LogP contribution in [0, 0.1) is 0 Å². The number of carbonyl (C=O) groups is 1. The molecule has 0 aromatic rings. The summed E-state index contributed by atoms with van der Waals surface area (Å²) in [6.45, 7) is 8.93. The van der Waals surface area contributed by atoms with Crippen LogP contribution in [0.1, 0.15) is 40.0 Å². The summed E-state index contributed by atoms with van der Waals surface area (Å²) in [6, 6.07) is 0.387. The molecule has 110 valence electrons. The summed E-state index contributed by atoms with van der Waals surface area (Å²) >= 11 is 0. The Bertz CT molecular complexity index is 302. The van der Waals surface area contributed by atoms with Gasteiger partial charge in [-0.3, -0.25) is 0 Å². The van der Waals surface area contributed by atoms with Crippen molar-refractivity contribution < 1.29 is 14.3 Å². The lowest BCUT2D eigenvalue weighted by atomic mass is 10.1. The smallest absolute Gasteiger partial charge is 0.410 e. The SMILES string of the molecule is CC(C)(C)OC(=O)N1CC(NCC2CCCCO2)C1. The summed E-state index contributed by atoms with van der Waals surface area (Å²) in [4.78, 5) is 13.5. The summed E-state index contributed by atoms with van der Waals surface area (Å²) < 4.78 is 11.0. The first-order valence-electron chi connectivity index (χ1n) is 7.27. The monoisotopic (exact) mass is 270 g/mol. The topological polar surface area (TPSA) is 50.8 Å². The first-order chi connectivity index (χ1) is 8.94. The van der Waals surface area contributed by atoms with Crippen molar-refractivity contribution in [2.45, 2.75) is 57.8 Å². The van der Waals surface area contributed by atoms with Crippen molar-refractivity contribution in [3.63, 3.8) is 0 Å². The van der Waals surface area contributed by atoms with E-state index in [0.717, 1.165) is 32.7 Å². The first-order valence-corrected chi connectivity index (χ1v) is 7.27. The summed E-state index contributed by atoms with van der Waals surface area (Å²) in [5, 5.41) is 3.46. The molecule has 0 aromatic carbocycles. The molecule has 5 heteroatoms. The van der Waals surface area contributed by atoms with E-state index in [9.17, 15) is 4.79 Å². The largest absolute Gasteiger partial charge is 0.444 e. The molecule has 2 aliphatic rings. The second-order valence-corrected chi connectivity index (χ2v) is 6.48. The average Bonchev–Trinajstić information content (AvgIpc) is 2.25. The van der Waals surface area contributed by atoms with Crippen molar-refractivity contribution in [1.29, 1.82) is 0 Å². The Labute approximate surface area is 115 Å². The number of ether oxygens (including phenoxy) is 2. The second-order valence-electron chi connectivity index (χ2n) is 6.48. The molecule has 1 amide bonds. The highest BCUT2D eigenvalue weighted by atomic mass is 16.6. The molecule has 0 aliphatic carbocycles. The Morgan fingerprint density at radius 2 is 2.11 bits per heavy atom. The fourth-order valence-corrected chi connectivity index (χ4v) is 2.35. The third-order valence-electron chi connectivity index (χ3n) is 3.44. The minimum atomic E-state index is -0.411. The van der Waals surface area contributed by atoms with E-state index in [1.807, 2.05) is 20.8 Å². The molecule has 19 heavy (non-hydrogen) atoms. The molecular formula is C14H26N2O3. The lowest BCUT2D eigenvalue weighted by molar-refractivity contribution is -0.00425. The van der Waals surface area contributed by atoms with Crippen molar-refractivity contribution in [3.8, 4) is 0 Å². The van der Waals surface area contributed by atoms with E-state index in [0.29, 0.717) is 12.1 Å². The number of amides is 1. The fourth-order valence-electron chi connectivity index (χ4n) is 2.35. The van der Waals surface area contributed by atoms with Crippen LogP contribution in [0.3, 0.4) is 0 Å². The third kappa shape index (κ3) is 4.66. The van der Waals surface area contributed by atoms with Gasteiger partial charge in [0, 0.05) is 32.3 Å². The maximum atomic E-state index is 11.7. The van der Waals surface area contributed by atoms with Crippen LogP contribution in [0.4, 0.5) is 4.79 Å². The minimum Gasteiger partial charge on any atom is -0.444 e. The van der Waals surface area contributed by atoms with Gasteiger partial charge >= 0.3 is 6.09 Å². The number of carbonyl (C=O) groups excluding carboxylic acids is 1. The highest BCUT2D eigenvalue weighted by molar-refractivity contribution is 5.69. The standard InChI is InChI=1S/C14H26N2O3/c1-14(2,3)19-13(17)16-9-11(10-16)15-8-12-6-4-5-7-18-12/h11-12,15H,4-10H2,1-3H3. The zero-order chi connectivity index (χ0) is 13.9. The van der Waals surface area contributed by atoms with Crippen LogP contribution in [-0.4, -0.2) is 55.0 Å². The lowest BCUT2D eigenvalue weighted by Gasteiger charge is -2.40. The molecule has 0 spiro atoms. The molecular weight excluding hydrogens is 244 g/mol. The van der Waals surface area contributed by atoms with Crippen LogP contribution in [0.15, 0.2) is 0 Å². The van der Waals surface area contributed by atoms with Crippen molar-refractivity contribution in [1.82, 2.24) is 10.2 Å². The molecule has 2 heterocycles. The van der Waals surface area contributed by atoms with Gasteiger partial charge in [0.2, 0.25) is 0 Å². The minimum absolute atomic E-state index is 0.209. The van der Waals surface area contributed by atoms with Crippen molar-refractivity contribution in [2.75, 3.05) is 26.2 Å². The van der Waals surface area contributed by atoms with Crippen molar-refractivity contribution in [3.05, 3.63) is 0 Å². The van der Waals surface area contributed by atoms with Crippen LogP contribution in [-0.2, 0) is 9.47 Å². The summed E-state index contributed by atoms with van der Waals surface area (Å²) in [6.07, 6.45) is 3.74. The summed E-state index contributed by atoms with van der Waals surface area (Å²) in [5.74, 6) is 0. The van der Waals surface area contributed by atoms with E-state index in [1.54, 1.807) is 4.90 Å². The van der Waals surface area contributed by atoms with Gasteiger partial charge in [0.05, 0.1) is 6.10 Å². The molecule has 2 fully saturated rings. The van der Waals surface area contributed by atoms with Gasteiger partial charge in [0.1, 0.15) is 5.60 Å². The molecule has 1 unspecified atom stereocenters. The first kappa shape index (κ1) is 14.6. The second kappa shape index (κ2) is 6.09. The Morgan fingerprint density at radius 3 is 2.68 bits per heavy atom. The Morgan fingerprint density at radius 1 is 1.37 bits per heavy atom. The molecule has 2 rings (SSSR count). The van der Waals surface area contributed by atoms with E-state index in [-0.39, 0.29) is 6.09 Å². The molecule has 2 aliphatic heterocycles. The molecule has 1 N–H and O–H groups in total. The molecule has 0 saturated carbocycles. The number of hydrogen-bond donors (Lipinski definition) is 1. The van der Waals surface area contributed by atoms with Crippen molar-refractivity contribution >= 4 is 6.09 Å². The zero-order valence-corrected chi connectivity index (χ0v) is 12.3. The van der Waals surface area contributed by atoms with Gasteiger partial charge in [0.25, 0.3) is 0 Å². The van der Waals surface area contributed by atoms with E-state index >= 15 is 0 Å². The molecule has 5 nitrogen and oxygen atoms in total. The van der Waals surface area contributed by atoms with Crippen LogP contribution < -0.4 is 5.32 Å². The number of rotatable bonds is 3. The maximum Gasteiger partial charge on any atom is 0.410 e. The molecule has 0 aromatic heterocycles. The summed E-state index contributed by atoms with van der Waals surface area (Å²) in [5.41, 5.74) is -0.411. The van der Waals surface area contributed by atoms with Gasteiger partial charge in [-0.2, -0.15) is 0 Å². The Hall–Kier alpha value is -0.810. The van der Waals surface area contributed by atoms with Crippen LogP contribution >= 0.6 is 0 Å². The van der Waals surface area contributed by atoms with E-state index in [2.05, 4.69) is 5.32 Å². The number of nitrogens with zero attached hydrogens (tertiary/aromatic N) is 1. The van der Waals surface area contributed by atoms with E-state index in [4.69, 9.17) is 9.47 Å². The predicted molar refractivity (Wildman–Crippen MR) is 73.2 cm³/mol. The maximum absolute atomic E-state index is 11.7. The highest BCUT2D eigenvalue weighted by Crippen LogP contribution is 2.16. The average molecular weight is 270 g/mol.